The van der Waals surface area contributed by atoms with Crippen molar-refractivity contribution in [2.45, 2.75) is 70.4 Å². The molecule has 7 heteroatoms. The van der Waals surface area contributed by atoms with Gasteiger partial charge in [0, 0.05) is 0 Å². The lowest BCUT2D eigenvalue weighted by atomic mass is 9.72. The molecule has 6 atom stereocenters. The van der Waals surface area contributed by atoms with Crippen LogP contribution < -0.4 is 0 Å². The Morgan fingerprint density at radius 2 is 1.78 bits per heavy atom. The first-order valence-corrected chi connectivity index (χ1v) is 7.99. The van der Waals surface area contributed by atoms with Crippen molar-refractivity contribution in [3.63, 3.8) is 0 Å². The Morgan fingerprint density at radius 1 is 1.13 bits per heavy atom. The SMILES string of the molecule is CC1=C(CO[C@@H]2O[C@H](CO)[C@@H](O)[C@H](O)[C@H]2O)C(C)(C)CC[C@@H]1O. The molecule has 0 radical (unpaired) electrons. The zero-order valence-corrected chi connectivity index (χ0v) is 13.8. The van der Waals surface area contributed by atoms with Gasteiger partial charge in [-0.15, -0.1) is 0 Å². The van der Waals surface area contributed by atoms with Crippen molar-refractivity contribution in [1.82, 2.24) is 0 Å². The van der Waals surface area contributed by atoms with E-state index in [1.54, 1.807) is 0 Å². The predicted molar refractivity (Wildman–Crippen MR) is 81.4 cm³/mol. The van der Waals surface area contributed by atoms with Crippen molar-refractivity contribution < 1.29 is 35.0 Å². The normalized spacial score (nSPS) is 41.2. The van der Waals surface area contributed by atoms with Gasteiger partial charge in [0.25, 0.3) is 0 Å². The third-order valence-electron chi connectivity index (χ3n) is 5.08. The van der Waals surface area contributed by atoms with Crippen LogP contribution in [0, 0.1) is 5.41 Å². The average molecular weight is 332 g/mol. The molecule has 7 nitrogen and oxygen atoms in total. The number of hydrogen-bond donors (Lipinski definition) is 5. The number of ether oxygens (including phenoxy) is 2. The van der Waals surface area contributed by atoms with Crippen LogP contribution in [0.2, 0.25) is 0 Å². The third-order valence-corrected chi connectivity index (χ3v) is 5.08. The zero-order chi connectivity index (χ0) is 17.4. The molecule has 0 aromatic rings. The lowest BCUT2D eigenvalue weighted by Crippen LogP contribution is -2.59. The fourth-order valence-electron chi connectivity index (χ4n) is 3.28. The minimum absolute atomic E-state index is 0.137. The molecule has 2 rings (SSSR count). The molecule has 1 aliphatic carbocycles. The molecule has 1 aliphatic heterocycles. The Bertz CT molecular complexity index is 446. The molecule has 0 amide bonds. The quantitative estimate of drug-likeness (QED) is 0.432. The van der Waals surface area contributed by atoms with E-state index in [1.807, 2.05) is 6.92 Å². The van der Waals surface area contributed by atoms with Gasteiger partial charge in [-0.25, -0.2) is 0 Å². The van der Waals surface area contributed by atoms with Gasteiger partial charge < -0.3 is 35.0 Å². The van der Waals surface area contributed by atoms with Crippen LogP contribution in [0.1, 0.15) is 33.6 Å². The van der Waals surface area contributed by atoms with E-state index in [-0.39, 0.29) is 12.0 Å². The molecule has 1 fully saturated rings. The maximum absolute atomic E-state index is 10.0. The summed E-state index contributed by atoms with van der Waals surface area (Å²) in [4.78, 5) is 0. The molecule has 23 heavy (non-hydrogen) atoms. The molecule has 0 saturated carbocycles. The topological polar surface area (TPSA) is 120 Å². The number of aliphatic hydroxyl groups excluding tert-OH is 5. The molecule has 0 aromatic heterocycles. The Morgan fingerprint density at radius 3 is 2.39 bits per heavy atom. The zero-order valence-electron chi connectivity index (χ0n) is 13.8. The van der Waals surface area contributed by atoms with E-state index in [0.29, 0.717) is 6.42 Å². The summed E-state index contributed by atoms with van der Waals surface area (Å²) in [5.74, 6) is 0. The Hall–Kier alpha value is -0.540. The van der Waals surface area contributed by atoms with Gasteiger partial charge in [0.15, 0.2) is 6.29 Å². The first kappa shape index (κ1) is 18.8. The molecule has 2 aliphatic rings. The minimum atomic E-state index is -1.45. The van der Waals surface area contributed by atoms with Crippen LogP contribution in [0.3, 0.4) is 0 Å². The summed E-state index contributed by atoms with van der Waals surface area (Å²) in [7, 11) is 0. The Labute approximate surface area is 136 Å². The van der Waals surface area contributed by atoms with Gasteiger partial charge >= 0.3 is 0 Å². The summed E-state index contributed by atoms with van der Waals surface area (Å²) >= 11 is 0. The van der Waals surface area contributed by atoms with Crippen molar-refractivity contribution in [2.24, 2.45) is 5.41 Å². The van der Waals surface area contributed by atoms with Gasteiger partial charge in [0.1, 0.15) is 24.4 Å². The van der Waals surface area contributed by atoms with E-state index < -0.39 is 43.4 Å². The average Bonchev–Trinajstić information content (AvgIpc) is 2.51. The van der Waals surface area contributed by atoms with Crippen molar-refractivity contribution in [2.75, 3.05) is 13.2 Å². The van der Waals surface area contributed by atoms with Gasteiger partial charge in [0.2, 0.25) is 0 Å². The van der Waals surface area contributed by atoms with Gasteiger partial charge in [0.05, 0.1) is 19.3 Å². The van der Waals surface area contributed by atoms with E-state index in [0.717, 1.165) is 17.6 Å². The molecule has 134 valence electrons. The molecule has 0 aromatic carbocycles. The fourth-order valence-corrected chi connectivity index (χ4v) is 3.28. The maximum atomic E-state index is 10.0. The highest BCUT2D eigenvalue weighted by Gasteiger charge is 2.44. The van der Waals surface area contributed by atoms with Crippen LogP contribution in [-0.4, -0.2) is 75.6 Å². The van der Waals surface area contributed by atoms with Gasteiger partial charge in [-0.2, -0.15) is 0 Å². The van der Waals surface area contributed by atoms with E-state index in [2.05, 4.69) is 13.8 Å². The second-order valence-corrected chi connectivity index (χ2v) is 7.11. The van der Waals surface area contributed by atoms with Crippen molar-refractivity contribution >= 4 is 0 Å². The third kappa shape index (κ3) is 3.76. The van der Waals surface area contributed by atoms with Crippen LogP contribution in [0.5, 0.6) is 0 Å². The molecule has 5 N–H and O–H groups in total. The van der Waals surface area contributed by atoms with Crippen molar-refractivity contribution in [3.8, 4) is 0 Å². The Balaban J connectivity index is 2.08. The molecule has 0 unspecified atom stereocenters. The molecule has 1 heterocycles. The van der Waals surface area contributed by atoms with E-state index in [1.165, 1.54) is 0 Å². The summed E-state index contributed by atoms with van der Waals surface area (Å²) in [5.41, 5.74) is 1.65. The standard InChI is InChI=1S/C16H28O7/c1-8-9(16(2,3)5-4-10(8)18)7-22-15-14(21)13(20)12(19)11(6-17)23-15/h10-15,17-21H,4-7H2,1-3H3/t10-,11+,12+,13-,14+,15+/m0/s1. The van der Waals surface area contributed by atoms with Gasteiger partial charge in [-0.3, -0.25) is 0 Å². The molecular weight excluding hydrogens is 304 g/mol. The Kier molecular flexibility index (Phi) is 5.84. The first-order chi connectivity index (χ1) is 10.7. The smallest absolute Gasteiger partial charge is 0.187 e. The van der Waals surface area contributed by atoms with E-state index in [9.17, 15) is 25.5 Å². The highest BCUT2D eigenvalue weighted by Crippen LogP contribution is 2.40. The second-order valence-electron chi connectivity index (χ2n) is 7.11. The second kappa shape index (κ2) is 7.14. The minimum Gasteiger partial charge on any atom is -0.394 e. The summed E-state index contributed by atoms with van der Waals surface area (Å²) in [6.07, 6.45) is -5.39. The van der Waals surface area contributed by atoms with Gasteiger partial charge in [-0.05, 0) is 36.3 Å². The first-order valence-electron chi connectivity index (χ1n) is 7.99. The summed E-state index contributed by atoms with van der Waals surface area (Å²) in [5, 5.41) is 48.7. The summed E-state index contributed by atoms with van der Waals surface area (Å²) in [6, 6.07) is 0. The molecule has 0 spiro atoms. The number of rotatable bonds is 4. The lowest BCUT2D eigenvalue weighted by molar-refractivity contribution is -0.299. The van der Waals surface area contributed by atoms with Crippen LogP contribution in [-0.2, 0) is 9.47 Å². The van der Waals surface area contributed by atoms with Crippen LogP contribution in [0.4, 0.5) is 0 Å². The van der Waals surface area contributed by atoms with Gasteiger partial charge in [-0.1, -0.05) is 13.8 Å². The van der Waals surface area contributed by atoms with Crippen LogP contribution >= 0.6 is 0 Å². The maximum Gasteiger partial charge on any atom is 0.187 e. The highest BCUT2D eigenvalue weighted by molar-refractivity contribution is 5.26. The van der Waals surface area contributed by atoms with Crippen LogP contribution in [0.25, 0.3) is 0 Å². The summed E-state index contributed by atoms with van der Waals surface area (Å²) in [6.45, 7) is 5.63. The predicted octanol–water partition coefficient (Wildman–Crippen LogP) is -0.700. The number of hydrogen-bond acceptors (Lipinski definition) is 7. The van der Waals surface area contributed by atoms with E-state index >= 15 is 0 Å². The van der Waals surface area contributed by atoms with Crippen LogP contribution in [0.15, 0.2) is 11.1 Å². The highest BCUT2D eigenvalue weighted by atomic mass is 16.7. The lowest BCUT2D eigenvalue weighted by Gasteiger charge is -2.41. The largest absolute Gasteiger partial charge is 0.394 e. The molecule has 0 bridgehead atoms. The van der Waals surface area contributed by atoms with E-state index in [4.69, 9.17) is 9.47 Å². The van der Waals surface area contributed by atoms with Crippen molar-refractivity contribution in [1.29, 1.82) is 0 Å². The number of aliphatic hydroxyl groups is 5. The summed E-state index contributed by atoms with van der Waals surface area (Å²) < 4.78 is 11.0. The monoisotopic (exact) mass is 332 g/mol. The molecular formula is C16H28O7. The van der Waals surface area contributed by atoms with Crippen molar-refractivity contribution in [3.05, 3.63) is 11.1 Å². The fraction of sp³-hybridized carbons (Fsp3) is 0.875. The molecule has 1 saturated heterocycles.